The minimum absolute atomic E-state index is 0.0347. The van der Waals surface area contributed by atoms with Crippen molar-refractivity contribution < 1.29 is 19.7 Å². The fourth-order valence-corrected chi connectivity index (χ4v) is 1.44. The second-order valence-electron chi connectivity index (χ2n) is 4.23. The maximum atomic E-state index is 11.0. The molecular formula is C13H17NO4. The van der Waals surface area contributed by atoms with E-state index in [1.165, 1.54) is 19.4 Å². The molecule has 0 aliphatic carbocycles. The number of hydrogen-bond donors (Lipinski definition) is 2. The summed E-state index contributed by atoms with van der Waals surface area (Å²) in [5.41, 5.74) is 0.432. The molecule has 1 aromatic rings. The molecule has 2 N–H and O–H groups in total. The summed E-state index contributed by atoms with van der Waals surface area (Å²) in [5, 5.41) is 18.6. The Morgan fingerprint density at radius 1 is 1.44 bits per heavy atom. The number of carboxylic acids is 1. The maximum Gasteiger partial charge on any atom is 0.328 e. The second-order valence-corrected chi connectivity index (χ2v) is 4.23. The lowest BCUT2D eigenvalue weighted by molar-refractivity contribution is -0.139. The minimum Gasteiger partial charge on any atom is -0.507 e. The zero-order chi connectivity index (χ0) is 13.7. The summed E-state index contributed by atoms with van der Waals surface area (Å²) in [6.45, 7) is 3.56. The predicted octanol–water partition coefficient (Wildman–Crippen LogP) is 1.93. The molecule has 0 aromatic heterocycles. The quantitative estimate of drug-likeness (QED) is 0.784. The van der Waals surface area contributed by atoms with Gasteiger partial charge in [0.2, 0.25) is 0 Å². The van der Waals surface area contributed by atoms with Gasteiger partial charge in [0.05, 0.1) is 7.11 Å². The first-order valence-corrected chi connectivity index (χ1v) is 5.58. The van der Waals surface area contributed by atoms with Crippen LogP contribution in [0.15, 0.2) is 23.2 Å². The van der Waals surface area contributed by atoms with E-state index in [2.05, 4.69) is 4.99 Å². The largest absolute Gasteiger partial charge is 0.507 e. The number of methoxy groups -OCH3 is 1. The molecule has 1 aromatic carbocycles. The van der Waals surface area contributed by atoms with Crippen molar-refractivity contribution in [1.29, 1.82) is 0 Å². The molecule has 0 saturated heterocycles. The van der Waals surface area contributed by atoms with Gasteiger partial charge in [-0.25, -0.2) is 4.79 Å². The molecule has 0 spiro atoms. The standard InChI is InChI=1S/C13H17NO4/c1-8(2)12(13(16)17)14-7-9-6-10(18-3)4-5-11(9)15/h4-8,12,15H,1-3H3,(H,16,17). The summed E-state index contributed by atoms with van der Waals surface area (Å²) < 4.78 is 5.02. The van der Waals surface area contributed by atoms with Gasteiger partial charge in [0.15, 0.2) is 0 Å². The Morgan fingerprint density at radius 2 is 2.11 bits per heavy atom. The van der Waals surface area contributed by atoms with Crippen LogP contribution in [0.5, 0.6) is 11.5 Å². The van der Waals surface area contributed by atoms with Crippen LogP contribution in [0.1, 0.15) is 19.4 Å². The van der Waals surface area contributed by atoms with E-state index in [4.69, 9.17) is 9.84 Å². The zero-order valence-corrected chi connectivity index (χ0v) is 10.6. The van der Waals surface area contributed by atoms with E-state index in [1.807, 2.05) is 0 Å². The highest BCUT2D eigenvalue weighted by Crippen LogP contribution is 2.21. The second kappa shape index (κ2) is 6.05. The number of phenols is 1. The normalized spacial score (nSPS) is 12.9. The number of carbonyl (C=O) groups is 1. The Labute approximate surface area is 106 Å². The monoisotopic (exact) mass is 251 g/mol. The van der Waals surface area contributed by atoms with Gasteiger partial charge < -0.3 is 14.9 Å². The van der Waals surface area contributed by atoms with Gasteiger partial charge in [0.25, 0.3) is 0 Å². The van der Waals surface area contributed by atoms with Crippen LogP contribution in [0, 0.1) is 5.92 Å². The maximum absolute atomic E-state index is 11.0. The lowest BCUT2D eigenvalue weighted by Crippen LogP contribution is -2.24. The third-order valence-corrected chi connectivity index (χ3v) is 2.49. The van der Waals surface area contributed by atoms with Gasteiger partial charge in [0, 0.05) is 11.8 Å². The molecule has 5 nitrogen and oxygen atoms in total. The summed E-state index contributed by atoms with van der Waals surface area (Å²) in [6, 6.07) is 3.86. The number of nitrogens with zero attached hydrogens (tertiary/aromatic N) is 1. The summed E-state index contributed by atoms with van der Waals surface area (Å²) >= 11 is 0. The number of hydrogen-bond acceptors (Lipinski definition) is 4. The van der Waals surface area contributed by atoms with Crippen LogP contribution in [0.25, 0.3) is 0 Å². The van der Waals surface area contributed by atoms with E-state index in [0.29, 0.717) is 11.3 Å². The smallest absolute Gasteiger partial charge is 0.328 e. The fraction of sp³-hybridized carbons (Fsp3) is 0.385. The number of phenolic OH excluding ortho intramolecular Hbond substituents is 1. The number of benzene rings is 1. The third-order valence-electron chi connectivity index (χ3n) is 2.49. The number of aromatic hydroxyl groups is 1. The molecule has 0 fully saturated rings. The molecule has 0 heterocycles. The molecule has 98 valence electrons. The van der Waals surface area contributed by atoms with Gasteiger partial charge in [0.1, 0.15) is 17.5 Å². The molecule has 0 saturated carbocycles. The van der Waals surface area contributed by atoms with Crippen LogP contribution in [0.4, 0.5) is 0 Å². The molecule has 0 radical (unpaired) electrons. The third kappa shape index (κ3) is 3.48. The van der Waals surface area contributed by atoms with Crippen molar-refractivity contribution in [2.75, 3.05) is 7.11 Å². The predicted molar refractivity (Wildman–Crippen MR) is 68.5 cm³/mol. The van der Waals surface area contributed by atoms with Gasteiger partial charge in [-0.2, -0.15) is 0 Å². The summed E-state index contributed by atoms with van der Waals surface area (Å²) in [5.74, 6) is -0.492. The van der Waals surface area contributed by atoms with Crippen molar-refractivity contribution in [1.82, 2.24) is 0 Å². The van der Waals surface area contributed by atoms with Crippen LogP contribution in [0.2, 0.25) is 0 Å². The fourth-order valence-electron chi connectivity index (χ4n) is 1.44. The average molecular weight is 251 g/mol. The highest BCUT2D eigenvalue weighted by atomic mass is 16.5. The Morgan fingerprint density at radius 3 is 2.61 bits per heavy atom. The van der Waals surface area contributed by atoms with Gasteiger partial charge in [-0.3, -0.25) is 4.99 Å². The highest BCUT2D eigenvalue weighted by molar-refractivity contribution is 5.86. The molecule has 0 aliphatic heterocycles. The number of aliphatic imine (C=N–C) groups is 1. The minimum atomic E-state index is -0.983. The van der Waals surface area contributed by atoms with Crippen molar-refractivity contribution in [2.24, 2.45) is 10.9 Å². The van der Waals surface area contributed by atoms with E-state index >= 15 is 0 Å². The molecule has 18 heavy (non-hydrogen) atoms. The molecule has 1 rings (SSSR count). The number of aliphatic carboxylic acids is 1. The first-order valence-electron chi connectivity index (χ1n) is 5.58. The van der Waals surface area contributed by atoms with Crippen LogP contribution >= 0.6 is 0 Å². The van der Waals surface area contributed by atoms with Crippen LogP contribution < -0.4 is 4.74 Å². The number of ether oxygens (including phenoxy) is 1. The summed E-state index contributed by atoms with van der Waals surface area (Å²) in [6.07, 6.45) is 1.36. The highest BCUT2D eigenvalue weighted by Gasteiger charge is 2.19. The molecule has 0 aliphatic rings. The van der Waals surface area contributed by atoms with E-state index in [9.17, 15) is 9.90 Å². The van der Waals surface area contributed by atoms with Crippen molar-refractivity contribution in [3.63, 3.8) is 0 Å². The van der Waals surface area contributed by atoms with Crippen LogP contribution in [-0.2, 0) is 4.79 Å². The average Bonchev–Trinajstić information content (AvgIpc) is 2.30. The molecule has 1 atom stereocenters. The Hall–Kier alpha value is -2.04. The lowest BCUT2D eigenvalue weighted by atomic mass is 10.1. The van der Waals surface area contributed by atoms with Crippen molar-refractivity contribution >= 4 is 12.2 Å². The van der Waals surface area contributed by atoms with E-state index < -0.39 is 12.0 Å². The Kier molecular flexibility index (Phi) is 4.71. The summed E-state index contributed by atoms with van der Waals surface area (Å²) in [7, 11) is 1.52. The number of rotatable bonds is 5. The van der Waals surface area contributed by atoms with E-state index in [0.717, 1.165) is 0 Å². The van der Waals surface area contributed by atoms with Gasteiger partial charge in [-0.05, 0) is 24.1 Å². The Bertz CT molecular complexity index is 454. The topological polar surface area (TPSA) is 79.1 Å². The van der Waals surface area contributed by atoms with Crippen LogP contribution in [-0.4, -0.2) is 35.5 Å². The van der Waals surface area contributed by atoms with Gasteiger partial charge in [-0.1, -0.05) is 13.8 Å². The molecule has 5 heteroatoms. The first kappa shape index (κ1) is 14.0. The molecule has 0 amide bonds. The van der Waals surface area contributed by atoms with Crippen LogP contribution in [0.3, 0.4) is 0 Å². The Balaban J connectivity index is 2.98. The van der Waals surface area contributed by atoms with Gasteiger partial charge >= 0.3 is 5.97 Å². The molecule has 1 unspecified atom stereocenters. The van der Waals surface area contributed by atoms with Gasteiger partial charge in [-0.15, -0.1) is 0 Å². The first-order chi connectivity index (χ1) is 8.45. The molecular weight excluding hydrogens is 234 g/mol. The zero-order valence-electron chi connectivity index (χ0n) is 10.6. The SMILES string of the molecule is COc1ccc(O)c(C=NC(C(=O)O)C(C)C)c1. The lowest BCUT2D eigenvalue weighted by Gasteiger charge is -2.11. The molecule has 0 bridgehead atoms. The van der Waals surface area contributed by atoms with Crippen molar-refractivity contribution in [2.45, 2.75) is 19.9 Å². The van der Waals surface area contributed by atoms with E-state index in [-0.39, 0.29) is 11.7 Å². The van der Waals surface area contributed by atoms with Crippen molar-refractivity contribution in [3.8, 4) is 11.5 Å². The van der Waals surface area contributed by atoms with Crippen molar-refractivity contribution in [3.05, 3.63) is 23.8 Å². The number of carboxylic acid groups (broad SMARTS) is 1. The summed E-state index contributed by atoms with van der Waals surface area (Å²) in [4.78, 5) is 15.0. The van der Waals surface area contributed by atoms with E-state index in [1.54, 1.807) is 26.0 Å².